The maximum atomic E-state index is 6.23. The maximum Gasteiger partial charge on any atom is 0.229 e. The molecular formula is C22H29ClN4O2. The van der Waals surface area contributed by atoms with Crippen molar-refractivity contribution in [3.63, 3.8) is 0 Å². The Bertz CT molecular complexity index is 775. The Morgan fingerprint density at radius 2 is 1.90 bits per heavy atom. The topological polar surface area (TPSA) is 68.3 Å². The van der Waals surface area contributed by atoms with Crippen molar-refractivity contribution in [3.8, 4) is 5.75 Å². The molecule has 2 heterocycles. The number of aromatic nitrogens is 2. The summed E-state index contributed by atoms with van der Waals surface area (Å²) in [6.45, 7) is 2.34. The van der Waals surface area contributed by atoms with Crippen molar-refractivity contribution in [1.29, 1.82) is 0 Å². The summed E-state index contributed by atoms with van der Waals surface area (Å²) < 4.78 is 11.6. The first-order valence-corrected chi connectivity index (χ1v) is 11.0. The van der Waals surface area contributed by atoms with Crippen LogP contribution in [0.3, 0.4) is 0 Å². The van der Waals surface area contributed by atoms with Gasteiger partial charge in [-0.2, -0.15) is 4.98 Å². The van der Waals surface area contributed by atoms with Gasteiger partial charge in [0.1, 0.15) is 10.8 Å². The van der Waals surface area contributed by atoms with Crippen LogP contribution in [-0.4, -0.2) is 35.8 Å². The molecule has 0 radical (unpaired) electrons. The van der Waals surface area contributed by atoms with Crippen LogP contribution in [0.1, 0.15) is 44.9 Å². The van der Waals surface area contributed by atoms with Crippen LogP contribution in [0, 0.1) is 5.92 Å². The predicted octanol–water partition coefficient (Wildman–Crippen LogP) is 5.42. The summed E-state index contributed by atoms with van der Waals surface area (Å²) in [4.78, 5) is 8.77. The third-order valence-electron chi connectivity index (χ3n) is 5.59. The van der Waals surface area contributed by atoms with E-state index < -0.39 is 0 Å². The smallest absolute Gasteiger partial charge is 0.229 e. The van der Waals surface area contributed by atoms with Crippen LogP contribution in [0.2, 0.25) is 5.02 Å². The lowest BCUT2D eigenvalue weighted by Gasteiger charge is -2.21. The van der Waals surface area contributed by atoms with E-state index in [1.54, 1.807) is 6.20 Å². The average Bonchev–Trinajstić information content (AvgIpc) is 3.28. The fourth-order valence-corrected chi connectivity index (χ4v) is 4.06. The van der Waals surface area contributed by atoms with Crippen LogP contribution in [-0.2, 0) is 4.74 Å². The second-order valence-corrected chi connectivity index (χ2v) is 8.28. The Morgan fingerprint density at radius 1 is 1.07 bits per heavy atom. The lowest BCUT2D eigenvalue weighted by Crippen LogP contribution is -2.19. The van der Waals surface area contributed by atoms with Gasteiger partial charge in [0.15, 0.2) is 5.82 Å². The summed E-state index contributed by atoms with van der Waals surface area (Å²) in [6.07, 6.45) is 10.6. The van der Waals surface area contributed by atoms with Crippen LogP contribution >= 0.6 is 11.6 Å². The SMILES string of the molecule is Clc1cnc(Nc2ccc(OCC3CCCCC3)cc2)nc1NC[C@H]1CCCO1. The van der Waals surface area contributed by atoms with E-state index in [0.29, 0.717) is 29.3 Å². The Hall–Kier alpha value is -2.05. The molecule has 0 amide bonds. The van der Waals surface area contributed by atoms with Crippen molar-refractivity contribution in [2.45, 2.75) is 51.0 Å². The summed E-state index contributed by atoms with van der Waals surface area (Å²) in [5, 5.41) is 6.99. The molecule has 0 unspecified atom stereocenters. The standard InChI is InChI=1S/C22H29ClN4O2/c23-20-14-25-22(27-21(20)24-13-19-7-4-12-28-19)26-17-8-10-18(11-9-17)29-15-16-5-2-1-3-6-16/h8-11,14,16,19H,1-7,12-13,15H2,(H2,24,25,26,27)/t19-/m1/s1. The number of hydrogen-bond acceptors (Lipinski definition) is 6. The van der Waals surface area contributed by atoms with Gasteiger partial charge in [-0.25, -0.2) is 4.98 Å². The average molecular weight is 417 g/mol. The fraction of sp³-hybridized carbons (Fsp3) is 0.545. The van der Waals surface area contributed by atoms with Crippen LogP contribution in [0.15, 0.2) is 30.5 Å². The van der Waals surface area contributed by atoms with Crippen molar-refractivity contribution in [2.24, 2.45) is 5.92 Å². The molecular weight excluding hydrogens is 388 g/mol. The highest BCUT2D eigenvalue weighted by Gasteiger charge is 2.16. The maximum absolute atomic E-state index is 6.23. The first-order chi connectivity index (χ1) is 14.3. The molecule has 4 rings (SSSR count). The van der Waals surface area contributed by atoms with Crippen molar-refractivity contribution < 1.29 is 9.47 Å². The minimum atomic E-state index is 0.221. The first-order valence-electron chi connectivity index (χ1n) is 10.6. The molecule has 2 N–H and O–H groups in total. The van der Waals surface area contributed by atoms with Crippen molar-refractivity contribution in [1.82, 2.24) is 9.97 Å². The monoisotopic (exact) mass is 416 g/mol. The van der Waals surface area contributed by atoms with E-state index in [-0.39, 0.29) is 6.10 Å². The summed E-state index contributed by atoms with van der Waals surface area (Å²) in [7, 11) is 0. The molecule has 1 atom stereocenters. The van der Waals surface area contributed by atoms with Crippen molar-refractivity contribution >= 4 is 29.1 Å². The van der Waals surface area contributed by atoms with E-state index >= 15 is 0 Å². The fourth-order valence-electron chi connectivity index (χ4n) is 3.90. The molecule has 29 heavy (non-hydrogen) atoms. The highest BCUT2D eigenvalue weighted by molar-refractivity contribution is 6.32. The van der Waals surface area contributed by atoms with Gasteiger partial charge >= 0.3 is 0 Å². The Morgan fingerprint density at radius 3 is 2.66 bits per heavy atom. The van der Waals surface area contributed by atoms with Crippen LogP contribution < -0.4 is 15.4 Å². The van der Waals surface area contributed by atoms with Gasteiger partial charge in [0.2, 0.25) is 5.95 Å². The van der Waals surface area contributed by atoms with E-state index in [2.05, 4.69) is 20.6 Å². The highest BCUT2D eigenvalue weighted by atomic mass is 35.5. The predicted molar refractivity (Wildman–Crippen MR) is 116 cm³/mol. The normalized spacial score (nSPS) is 19.8. The number of ether oxygens (including phenoxy) is 2. The summed E-state index contributed by atoms with van der Waals surface area (Å²) in [6, 6.07) is 7.93. The number of nitrogens with zero attached hydrogens (tertiary/aromatic N) is 2. The zero-order valence-corrected chi connectivity index (χ0v) is 17.5. The second-order valence-electron chi connectivity index (χ2n) is 7.87. The second kappa shape index (κ2) is 10.1. The molecule has 2 fully saturated rings. The lowest BCUT2D eigenvalue weighted by atomic mass is 9.90. The van der Waals surface area contributed by atoms with Crippen molar-refractivity contribution in [3.05, 3.63) is 35.5 Å². The van der Waals surface area contributed by atoms with Gasteiger partial charge in [-0.3, -0.25) is 0 Å². The molecule has 6 nitrogen and oxygen atoms in total. The molecule has 2 aliphatic rings. The number of halogens is 1. The first kappa shape index (κ1) is 20.2. The zero-order chi connectivity index (χ0) is 19.9. The van der Waals surface area contributed by atoms with Gasteiger partial charge in [0.25, 0.3) is 0 Å². The zero-order valence-electron chi connectivity index (χ0n) is 16.7. The van der Waals surface area contributed by atoms with Gasteiger partial charge in [0.05, 0.1) is 18.9 Å². The van der Waals surface area contributed by atoms with Crippen LogP contribution in [0.4, 0.5) is 17.5 Å². The molecule has 0 bridgehead atoms. The number of rotatable bonds is 8. The number of nitrogens with one attached hydrogen (secondary N) is 2. The summed E-state index contributed by atoms with van der Waals surface area (Å²) >= 11 is 6.23. The largest absolute Gasteiger partial charge is 0.493 e. The van der Waals surface area contributed by atoms with Gasteiger partial charge in [0, 0.05) is 18.8 Å². The molecule has 1 aromatic carbocycles. The van der Waals surface area contributed by atoms with Gasteiger partial charge in [-0.15, -0.1) is 0 Å². The Balaban J connectivity index is 1.30. The molecule has 1 aromatic heterocycles. The van der Waals surface area contributed by atoms with Crippen LogP contribution in [0.5, 0.6) is 5.75 Å². The quantitative estimate of drug-likeness (QED) is 0.598. The lowest BCUT2D eigenvalue weighted by molar-refractivity contribution is 0.120. The highest BCUT2D eigenvalue weighted by Crippen LogP contribution is 2.26. The number of anilines is 3. The molecule has 2 aromatic rings. The Labute approximate surface area is 177 Å². The van der Waals surface area contributed by atoms with Crippen molar-refractivity contribution in [2.75, 3.05) is 30.4 Å². The van der Waals surface area contributed by atoms with E-state index in [1.165, 1.54) is 32.1 Å². The molecule has 7 heteroatoms. The molecule has 1 aliphatic heterocycles. The van der Waals surface area contributed by atoms with Gasteiger partial charge in [-0.1, -0.05) is 30.9 Å². The minimum Gasteiger partial charge on any atom is -0.493 e. The number of benzene rings is 1. The van der Waals surface area contributed by atoms with Gasteiger partial charge in [-0.05, 0) is 55.9 Å². The van der Waals surface area contributed by atoms with Crippen LogP contribution in [0.25, 0.3) is 0 Å². The molecule has 0 spiro atoms. The van der Waals surface area contributed by atoms with E-state index in [1.807, 2.05) is 24.3 Å². The molecule has 1 saturated carbocycles. The summed E-state index contributed by atoms with van der Waals surface area (Å²) in [5.41, 5.74) is 0.905. The summed E-state index contributed by atoms with van der Waals surface area (Å²) in [5.74, 6) is 2.72. The van der Waals surface area contributed by atoms with E-state index in [9.17, 15) is 0 Å². The van der Waals surface area contributed by atoms with Gasteiger partial charge < -0.3 is 20.1 Å². The Kier molecular flexibility index (Phi) is 7.06. The van der Waals surface area contributed by atoms with E-state index in [0.717, 1.165) is 37.5 Å². The molecule has 1 aliphatic carbocycles. The third kappa shape index (κ3) is 5.97. The molecule has 156 valence electrons. The number of hydrogen-bond donors (Lipinski definition) is 2. The third-order valence-corrected chi connectivity index (χ3v) is 5.86. The minimum absolute atomic E-state index is 0.221. The van der Waals surface area contributed by atoms with E-state index in [4.69, 9.17) is 21.1 Å². The molecule has 1 saturated heterocycles.